The summed E-state index contributed by atoms with van der Waals surface area (Å²) in [6.45, 7) is -0.249. The van der Waals surface area contributed by atoms with Crippen LogP contribution in [0.4, 0.5) is 5.69 Å². The number of ether oxygens (including phenoxy) is 1. The molecule has 1 unspecified atom stereocenters. The molecule has 1 aromatic heterocycles. The Morgan fingerprint density at radius 1 is 1.22 bits per heavy atom. The van der Waals surface area contributed by atoms with Gasteiger partial charge in [0.2, 0.25) is 5.82 Å². The maximum absolute atomic E-state index is 12.6. The van der Waals surface area contributed by atoms with Gasteiger partial charge in [-0.2, -0.15) is 16.7 Å². The number of nitrogens with one attached hydrogen (secondary N) is 1. The summed E-state index contributed by atoms with van der Waals surface area (Å²) in [5, 5.41) is 17.4. The van der Waals surface area contributed by atoms with Gasteiger partial charge in [0.25, 0.3) is 17.5 Å². The van der Waals surface area contributed by atoms with Crippen molar-refractivity contribution >= 4 is 29.3 Å². The van der Waals surface area contributed by atoms with E-state index >= 15 is 0 Å². The number of thioether (sulfide) groups is 1. The fourth-order valence-electron chi connectivity index (χ4n) is 2.74. The molecule has 11 heteroatoms. The lowest BCUT2D eigenvalue weighted by molar-refractivity contribution is -0.384. The van der Waals surface area contributed by atoms with Crippen LogP contribution in [0.25, 0.3) is 11.4 Å². The topological polar surface area (TPSA) is 137 Å². The Hall–Kier alpha value is -3.73. The molecule has 32 heavy (non-hydrogen) atoms. The van der Waals surface area contributed by atoms with Crippen LogP contribution in [0.5, 0.6) is 0 Å². The van der Waals surface area contributed by atoms with Gasteiger partial charge in [-0.25, -0.2) is 4.79 Å². The molecule has 0 saturated carbocycles. The number of benzene rings is 2. The van der Waals surface area contributed by atoms with Crippen LogP contribution < -0.4 is 5.32 Å². The first-order valence-electron chi connectivity index (χ1n) is 9.57. The first-order valence-corrected chi connectivity index (χ1v) is 11.0. The van der Waals surface area contributed by atoms with E-state index in [0.29, 0.717) is 18.0 Å². The molecular weight excluding hydrogens is 436 g/mol. The molecule has 0 radical (unpaired) electrons. The highest BCUT2D eigenvalue weighted by atomic mass is 32.2. The van der Waals surface area contributed by atoms with Crippen molar-refractivity contribution in [1.82, 2.24) is 15.5 Å². The molecule has 3 rings (SSSR count). The number of nitro groups is 1. The van der Waals surface area contributed by atoms with Crippen LogP contribution in [0, 0.1) is 10.1 Å². The van der Waals surface area contributed by atoms with Crippen molar-refractivity contribution < 1.29 is 23.8 Å². The van der Waals surface area contributed by atoms with Crippen molar-refractivity contribution in [3.8, 4) is 11.4 Å². The van der Waals surface area contributed by atoms with E-state index in [9.17, 15) is 19.7 Å². The first kappa shape index (κ1) is 22.9. The average molecular weight is 456 g/mol. The van der Waals surface area contributed by atoms with Crippen LogP contribution in [0.3, 0.4) is 0 Å². The van der Waals surface area contributed by atoms with Crippen LogP contribution in [0.2, 0.25) is 0 Å². The molecule has 1 heterocycles. The maximum Gasteiger partial charge on any atom is 0.329 e. The second-order valence-corrected chi connectivity index (χ2v) is 7.59. The molecule has 0 saturated heterocycles. The monoisotopic (exact) mass is 456 g/mol. The van der Waals surface area contributed by atoms with Crippen LogP contribution in [0.1, 0.15) is 22.7 Å². The van der Waals surface area contributed by atoms with Crippen molar-refractivity contribution in [3.05, 3.63) is 76.2 Å². The standard InChI is InChI=1S/C21H20N4O6S/c1-32-11-10-17(22-20(26)15-8-5-9-16(12-15)25(28)29)21(27)30-13-18-23-19(24-31-18)14-6-3-2-4-7-14/h2-9,12,17H,10-11,13H2,1H3,(H,22,26). The number of hydrogen-bond donors (Lipinski definition) is 1. The minimum Gasteiger partial charge on any atom is -0.454 e. The van der Waals surface area contributed by atoms with E-state index < -0.39 is 22.8 Å². The smallest absolute Gasteiger partial charge is 0.329 e. The van der Waals surface area contributed by atoms with Crippen LogP contribution >= 0.6 is 11.8 Å². The molecule has 3 aromatic rings. The number of carbonyl (C=O) groups excluding carboxylic acids is 2. The van der Waals surface area contributed by atoms with Gasteiger partial charge in [0.1, 0.15) is 6.04 Å². The second-order valence-electron chi connectivity index (χ2n) is 6.60. The summed E-state index contributed by atoms with van der Waals surface area (Å²) >= 11 is 1.50. The summed E-state index contributed by atoms with van der Waals surface area (Å²) < 4.78 is 10.4. The van der Waals surface area contributed by atoms with E-state index in [-0.39, 0.29) is 23.7 Å². The lowest BCUT2D eigenvalue weighted by Gasteiger charge is -2.16. The third-order valence-corrected chi connectivity index (χ3v) is 5.00. The first-order chi connectivity index (χ1) is 15.5. The molecule has 0 fully saturated rings. The van der Waals surface area contributed by atoms with Gasteiger partial charge in [0, 0.05) is 23.3 Å². The Bertz CT molecular complexity index is 1090. The normalized spacial score (nSPS) is 11.5. The maximum atomic E-state index is 12.6. The third kappa shape index (κ3) is 6.14. The molecule has 0 aliphatic heterocycles. The number of nitro benzene ring substituents is 1. The Kier molecular flexibility index (Phi) is 7.92. The molecule has 0 spiro atoms. The number of non-ortho nitro benzene ring substituents is 1. The lowest BCUT2D eigenvalue weighted by Crippen LogP contribution is -2.42. The number of aromatic nitrogens is 2. The SMILES string of the molecule is CSCCC(NC(=O)c1cccc([N+](=O)[O-])c1)C(=O)OCc1nc(-c2ccccc2)no1. The molecule has 10 nitrogen and oxygen atoms in total. The Morgan fingerprint density at radius 3 is 2.72 bits per heavy atom. The zero-order chi connectivity index (χ0) is 22.9. The van der Waals surface area contributed by atoms with E-state index in [0.717, 1.165) is 11.6 Å². The van der Waals surface area contributed by atoms with Gasteiger partial charge in [0.05, 0.1) is 4.92 Å². The van der Waals surface area contributed by atoms with E-state index in [4.69, 9.17) is 9.26 Å². The summed E-state index contributed by atoms with van der Waals surface area (Å²) in [7, 11) is 0. The highest BCUT2D eigenvalue weighted by molar-refractivity contribution is 7.98. The average Bonchev–Trinajstić information content (AvgIpc) is 3.30. The zero-order valence-corrected chi connectivity index (χ0v) is 17.9. The summed E-state index contributed by atoms with van der Waals surface area (Å²) in [5.41, 5.74) is 0.618. The molecule has 0 bridgehead atoms. The van der Waals surface area contributed by atoms with Gasteiger partial charge in [-0.3, -0.25) is 14.9 Å². The molecule has 2 aromatic carbocycles. The van der Waals surface area contributed by atoms with Crippen molar-refractivity contribution in [2.24, 2.45) is 0 Å². The number of carbonyl (C=O) groups is 2. The highest BCUT2D eigenvalue weighted by Crippen LogP contribution is 2.16. The summed E-state index contributed by atoms with van der Waals surface area (Å²) in [6.07, 6.45) is 2.19. The quantitative estimate of drug-likeness (QED) is 0.277. The predicted molar refractivity (Wildman–Crippen MR) is 117 cm³/mol. The van der Waals surface area contributed by atoms with Crippen molar-refractivity contribution in [1.29, 1.82) is 0 Å². The van der Waals surface area contributed by atoms with Crippen molar-refractivity contribution in [2.45, 2.75) is 19.1 Å². The van der Waals surface area contributed by atoms with Crippen molar-refractivity contribution in [2.75, 3.05) is 12.0 Å². The van der Waals surface area contributed by atoms with Crippen molar-refractivity contribution in [3.63, 3.8) is 0 Å². The Labute approximate surface area is 187 Å². The molecule has 0 aliphatic rings. The third-order valence-electron chi connectivity index (χ3n) is 4.36. The van der Waals surface area contributed by atoms with Crippen LogP contribution in [-0.2, 0) is 16.1 Å². The van der Waals surface area contributed by atoms with Gasteiger partial charge in [-0.1, -0.05) is 41.6 Å². The Morgan fingerprint density at radius 2 is 2.00 bits per heavy atom. The lowest BCUT2D eigenvalue weighted by atomic mass is 10.1. The van der Waals surface area contributed by atoms with E-state index in [1.807, 2.05) is 36.6 Å². The molecule has 1 amide bonds. The molecule has 166 valence electrons. The molecule has 1 N–H and O–H groups in total. The molecule has 1 atom stereocenters. The van der Waals surface area contributed by atoms with E-state index in [1.54, 1.807) is 0 Å². The minimum atomic E-state index is -0.939. The highest BCUT2D eigenvalue weighted by Gasteiger charge is 2.24. The van der Waals surface area contributed by atoms with Crippen LogP contribution in [0.15, 0.2) is 59.1 Å². The molecular formula is C21H20N4O6S. The second kappa shape index (κ2) is 11.0. The summed E-state index contributed by atoms with van der Waals surface area (Å²) in [6, 6.07) is 13.5. The number of amides is 1. The predicted octanol–water partition coefficient (Wildman–Crippen LogP) is 3.24. The van der Waals surface area contributed by atoms with Gasteiger partial charge in [-0.15, -0.1) is 0 Å². The Balaban J connectivity index is 1.63. The summed E-state index contributed by atoms with van der Waals surface area (Å²) in [5.74, 6) is -0.202. The van der Waals surface area contributed by atoms with E-state index in [1.165, 1.54) is 30.0 Å². The number of rotatable bonds is 10. The van der Waals surface area contributed by atoms with Gasteiger partial charge in [0.15, 0.2) is 6.61 Å². The van der Waals surface area contributed by atoms with Crippen LogP contribution in [-0.4, -0.2) is 45.0 Å². The number of hydrogen-bond acceptors (Lipinski definition) is 9. The fourth-order valence-corrected chi connectivity index (χ4v) is 3.21. The van der Waals surface area contributed by atoms with E-state index in [2.05, 4.69) is 15.5 Å². The largest absolute Gasteiger partial charge is 0.454 e. The zero-order valence-electron chi connectivity index (χ0n) is 17.1. The number of esters is 1. The summed E-state index contributed by atoms with van der Waals surface area (Å²) in [4.78, 5) is 39.7. The minimum absolute atomic E-state index is 0.0746. The number of nitrogens with zero attached hydrogens (tertiary/aromatic N) is 3. The van der Waals surface area contributed by atoms with Gasteiger partial charge >= 0.3 is 5.97 Å². The fraction of sp³-hybridized carbons (Fsp3) is 0.238. The van der Waals surface area contributed by atoms with Gasteiger partial charge in [-0.05, 0) is 24.5 Å². The molecule has 0 aliphatic carbocycles. The van der Waals surface area contributed by atoms with Gasteiger partial charge < -0.3 is 14.6 Å².